The average Bonchev–Trinajstić information content (AvgIpc) is 3.19. The molecule has 1 N–H and O–H groups in total. The lowest BCUT2D eigenvalue weighted by atomic mass is 10.2. The fraction of sp³-hybridized carbons (Fsp3) is 0.192. The second kappa shape index (κ2) is 10.9. The highest BCUT2D eigenvalue weighted by atomic mass is 79.9. The second-order valence-corrected chi connectivity index (χ2v) is 10.1. The minimum atomic E-state index is -0.401. The molecule has 0 atom stereocenters. The number of hydrogen-bond acceptors (Lipinski definition) is 7. The highest BCUT2D eigenvalue weighted by Crippen LogP contribution is 2.28. The third kappa shape index (κ3) is 6.57. The van der Waals surface area contributed by atoms with Crippen molar-refractivity contribution in [2.45, 2.75) is 6.54 Å². The Hall–Kier alpha value is -4.09. The Balaban J connectivity index is 1.47. The predicted octanol–water partition coefficient (Wildman–Crippen LogP) is 4.61. The molecule has 2 aromatic carbocycles. The van der Waals surface area contributed by atoms with Crippen molar-refractivity contribution in [3.05, 3.63) is 93.4 Å². The van der Waals surface area contributed by atoms with E-state index in [2.05, 4.69) is 36.2 Å². The molecule has 0 aliphatic carbocycles. The molecule has 4 rings (SSSR count). The van der Waals surface area contributed by atoms with Gasteiger partial charge in [0.05, 0.1) is 38.9 Å². The number of anilines is 2. The van der Waals surface area contributed by atoms with Crippen molar-refractivity contribution in [1.82, 2.24) is 14.5 Å². The first-order valence-corrected chi connectivity index (χ1v) is 12.2. The van der Waals surface area contributed by atoms with Crippen molar-refractivity contribution in [2.24, 2.45) is 12.0 Å². The maximum Gasteiger partial charge on any atom is 0.323 e. The van der Waals surface area contributed by atoms with Gasteiger partial charge in [-0.3, -0.25) is 4.99 Å². The summed E-state index contributed by atoms with van der Waals surface area (Å²) in [6, 6.07) is 16.3. The van der Waals surface area contributed by atoms with Gasteiger partial charge in [-0.15, -0.1) is 0 Å². The summed E-state index contributed by atoms with van der Waals surface area (Å²) in [5.74, 6) is 0.283. The number of benzene rings is 2. The minimum Gasteiger partial charge on any atom is -0.859 e. The van der Waals surface area contributed by atoms with Gasteiger partial charge in [0.2, 0.25) is 0 Å². The van der Waals surface area contributed by atoms with Crippen LogP contribution >= 0.6 is 15.9 Å². The Morgan fingerprint density at radius 3 is 2.73 bits per heavy atom. The van der Waals surface area contributed by atoms with Gasteiger partial charge in [-0.25, -0.2) is 14.5 Å². The van der Waals surface area contributed by atoms with Gasteiger partial charge in [0.25, 0.3) is 0 Å². The zero-order chi connectivity index (χ0) is 26.6. The summed E-state index contributed by atoms with van der Waals surface area (Å²) >= 11 is 3.46. The fourth-order valence-corrected chi connectivity index (χ4v) is 4.31. The summed E-state index contributed by atoms with van der Waals surface area (Å²) in [7, 11) is 5.67. The second-order valence-electron chi connectivity index (χ2n) is 9.19. The highest BCUT2D eigenvalue weighted by Gasteiger charge is 2.22. The van der Waals surface area contributed by atoms with E-state index in [1.165, 1.54) is 18.5 Å². The summed E-state index contributed by atoms with van der Waals surface area (Å²) in [5, 5.41) is 27.7. The molecule has 10 nitrogen and oxygen atoms in total. The normalized spacial score (nSPS) is 12.4. The van der Waals surface area contributed by atoms with Crippen LogP contribution in [0.2, 0.25) is 0 Å². The van der Waals surface area contributed by atoms with Gasteiger partial charge < -0.3 is 25.0 Å². The summed E-state index contributed by atoms with van der Waals surface area (Å²) in [6.07, 6.45) is 4.70. The molecule has 2 aromatic heterocycles. The van der Waals surface area contributed by atoms with E-state index in [9.17, 15) is 15.2 Å². The molecule has 0 bridgehead atoms. The van der Waals surface area contributed by atoms with Crippen LogP contribution in [0.4, 0.5) is 23.0 Å². The van der Waals surface area contributed by atoms with Crippen molar-refractivity contribution >= 4 is 55.7 Å². The van der Waals surface area contributed by atoms with Gasteiger partial charge in [-0.05, 0) is 65.4 Å². The summed E-state index contributed by atoms with van der Waals surface area (Å²) in [6.45, 7) is 1.12. The van der Waals surface area contributed by atoms with Gasteiger partial charge >= 0.3 is 5.82 Å². The van der Waals surface area contributed by atoms with E-state index in [0.29, 0.717) is 29.1 Å². The Bertz CT molecular complexity index is 1510. The van der Waals surface area contributed by atoms with E-state index in [1.54, 1.807) is 42.0 Å². The van der Waals surface area contributed by atoms with Crippen LogP contribution in [-0.4, -0.2) is 50.5 Å². The molecule has 11 heteroatoms. The van der Waals surface area contributed by atoms with E-state index in [0.717, 1.165) is 26.8 Å². The SMILES string of the molecule is Cn1c(C[N+](C)(C)C/C=C/C([O-])=Nc2ccc3ncnc(Nc4cccc(Br)c4)c3c2)ccc1[N+](=O)[O-]. The molecule has 37 heavy (non-hydrogen) atoms. The monoisotopic (exact) mass is 563 g/mol. The Morgan fingerprint density at radius 2 is 2.00 bits per heavy atom. The molecule has 0 fully saturated rings. The van der Waals surface area contributed by atoms with Crippen LogP contribution in [-0.2, 0) is 13.6 Å². The molecule has 2 heterocycles. The molecule has 0 unspecified atom stereocenters. The number of nitrogens with one attached hydrogen (secondary N) is 1. The van der Waals surface area contributed by atoms with Gasteiger partial charge in [-0.2, -0.15) is 0 Å². The predicted molar refractivity (Wildman–Crippen MR) is 146 cm³/mol. The van der Waals surface area contributed by atoms with E-state index in [4.69, 9.17) is 0 Å². The van der Waals surface area contributed by atoms with Crippen molar-refractivity contribution in [3.8, 4) is 0 Å². The number of aliphatic imine (C=N–C) groups is 1. The van der Waals surface area contributed by atoms with E-state index < -0.39 is 4.92 Å². The topological polar surface area (TPSA) is 121 Å². The van der Waals surface area contributed by atoms with Crippen LogP contribution in [0.15, 0.2) is 82.5 Å². The largest absolute Gasteiger partial charge is 0.859 e. The maximum atomic E-state index is 12.5. The number of nitro groups is 1. The first-order valence-electron chi connectivity index (χ1n) is 11.4. The Morgan fingerprint density at radius 1 is 1.19 bits per heavy atom. The zero-order valence-electron chi connectivity index (χ0n) is 20.6. The summed E-state index contributed by atoms with van der Waals surface area (Å²) in [4.78, 5) is 23.6. The molecule has 0 aliphatic rings. The lowest BCUT2D eigenvalue weighted by molar-refractivity contribution is -0.898. The van der Waals surface area contributed by atoms with Crippen LogP contribution in [0.3, 0.4) is 0 Å². The number of hydrogen-bond donors (Lipinski definition) is 1. The molecule has 0 saturated carbocycles. The van der Waals surface area contributed by atoms with E-state index >= 15 is 0 Å². The number of quaternary nitrogens is 1. The molecule has 190 valence electrons. The first-order chi connectivity index (χ1) is 17.6. The fourth-order valence-electron chi connectivity index (χ4n) is 3.91. The number of halogens is 1. The van der Waals surface area contributed by atoms with Crippen LogP contribution in [0.1, 0.15) is 5.69 Å². The molecule has 0 saturated heterocycles. The smallest absolute Gasteiger partial charge is 0.323 e. The van der Waals surface area contributed by atoms with Gasteiger partial charge in [-0.1, -0.05) is 22.0 Å². The molecular formula is C26H26BrN7O3. The first kappa shape index (κ1) is 26.0. The molecule has 0 aliphatic heterocycles. The number of aromatic nitrogens is 3. The maximum absolute atomic E-state index is 12.5. The molecule has 0 spiro atoms. The third-order valence-electron chi connectivity index (χ3n) is 5.78. The summed E-state index contributed by atoms with van der Waals surface area (Å²) < 4.78 is 3.03. The number of fused-ring (bicyclic) bond motifs is 1. The quantitative estimate of drug-likeness (QED) is 0.104. The molecule has 0 radical (unpaired) electrons. The van der Waals surface area contributed by atoms with Crippen LogP contribution in [0, 0.1) is 10.1 Å². The summed E-state index contributed by atoms with van der Waals surface area (Å²) in [5.41, 5.74) is 2.93. The zero-order valence-corrected chi connectivity index (χ0v) is 22.2. The van der Waals surface area contributed by atoms with Crippen molar-refractivity contribution in [1.29, 1.82) is 0 Å². The van der Waals surface area contributed by atoms with Gasteiger partial charge in [0.15, 0.2) is 5.69 Å². The average molecular weight is 564 g/mol. The Labute approximate surface area is 222 Å². The standard InChI is InChI=1S/C26H26BrN7O3/c1-32-21(10-12-25(32)33(36)37)16-34(2,3)13-5-8-24(35)30-20-9-11-23-22(15-20)26(29-17-28-23)31-19-7-4-6-18(27)14-19/h4-12,14-15,17H,13,16H2,1-3H3,(H-,28,29,30,31,35)/b8-5+. The number of likely N-dealkylation sites (N-methyl/N-ethyl adjacent to an activating group) is 1. The van der Waals surface area contributed by atoms with Crippen molar-refractivity contribution in [3.63, 3.8) is 0 Å². The molecule has 4 aromatic rings. The Kier molecular flexibility index (Phi) is 7.65. The highest BCUT2D eigenvalue weighted by molar-refractivity contribution is 9.10. The third-order valence-corrected chi connectivity index (χ3v) is 6.28. The van der Waals surface area contributed by atoms with E-state index in [1.807, 2.05) is 38.4 Å². The molecular weight excluding hydrogens is 538 g/mol. The lowest BCUT2D eigenvalue weighted by Gasteiger charge is -2.27. The lowest BCUT2D eigenvalue weighted by Crippen LogP contribution is -2.39. The van der Waals surface area contributed by atoms with E-state index in [-0.39, 0.29) is 11.7 Å². The number of nitrogens with zero attached hydrogens (tertiary/aromatic N) is 6. The minimum absolute atomic E-state index is 0.0512. The number of rotatable bonds is 9. The molecule has 0 amide bonds. The van der Waals surface area contributed by atoms with Crippen molar-refractivity contribution in [2.75, 3.05) is 26.0 Å². The van der Waals surface area contributed by atoms with Gasteiger partial charge in [0.1, 0.15) is 18.7 Å². The van der Waals surface area contributed by atoms with Crippen LogP contribution in [0.25, 0.3) is 10.9 Å². The van der Waals surface area contributed by atoms with Crippen LogP contribution in [0.5, 0.6) is 0 Å². The van der Waals surface area contributed by atoms with Crippen molar-refractivity contribution < 1.29 is 14.5 Å². The van der Waals surface area contributed by atoms with Crippen LogP contribution < -0.4 is 10.4 Å². The van der Waals surface area contributed by atoms with Gasteiger partial charge in [0, 0.05) is 21.6 Å².